The smallest absolute Gasteiger partial charge is 0.475 e. The van der Waals surface area contributed by atoms with Crippen molar-refractivity contribution in [1.82, 2.24) is 4.98 Å². The number of halogens is 4. The molecule has 1 aromatic heterocycles. The fraction of sp³-hybridized carbons (Fsp3) is 0.667. The normalized spacial score (nSPS) is 22.3. The van der Waals surface area contributed by atoms with Crippen LogP contribution in [0.2, 0.25) is 5.15 Å². The van der Waals surface area contributed by atoms with E-state index in [1.807, 2.05) is 0 Å². The molecular formula is C15H21ClF3N3O4S. The summed E-state index contributed by atoms with van der Waals surface area (Å²) in [7, 11) is 1.53. The van der Waals surface area contributed by atoms with Crippen molar-refractivity contribution in [2.45, 2.75) is 56.8 Å². The number of rotatable bonds is 3. The van der Waals surface area contributed by atoms with Crippen molar-refractivity contribution in [3.8, 4) is 0 Å². The van der Waals surface area contributed by atoms with E-state index in [2.05, 4.69) is 31.1 Å². The number of hydrogen-bond donors (Lipinski definition) is 3. The summed E-state index contributed by atoms with van der Waals surface area (Å²) < 4.78 is 37.1. The molecule has 27 heavy (non-hydrogen) atoms. The topological polar surface area (TPSA) is 115 Å². The number of aromatic nitrogens is 1. The first kappa shape index (κ1) is 23.6. The van der Waals surface area contributed by atoms with E-state index >= 15 is 0 Å². The molecule has 0 aliphatic heterocycles. The quantitative estimate of drug-likeness (QED) is 0.677. The number of nitrogens with zero attached hydrogens (tertiary/aromatic N) is 1. The zero-order valence-corrected chi connectivity index (χ0v) is 16.7. The maximum atomic E-state index is 12.3. The van der Waals surface area contributed by atoms with Gasteiger partial charge in [-0.15, -0.1) is 0 Å². The second kappa shape index (κ2) is 8.29. The number of nitrogens with two attached hydrogens (primary N) is 1. The summed E-state index contributed by atoms with van der Waals surface area (Å²) in [5.74, 6) is -2.96. The van der Waals surface area contributed by atoms with Crippen molar-refractivity contribution in [2.75, 3.05) is 12.4 Å². The summed E-state index contributed by atoms with van der Waals surface area (Å²) in [6.45, 7) is 6.17. The first-order valence-electron chi connectivity index (χ1n) is 7.71. The van der Waals surface area contributed by atoms with Crippen LogP contribution in [-0.4, -0.2) is 46.9 Å². The number of carbonyl (C=O) groups excluding carboxylic acids is 1. The lowest BCUT2D eigenvalue weighted by molar-refractivity contribution is -0.192. The third-order valence-corrected chi connectivity index (χ3v) is 5.50. The molecule has 1 amide bonds. The SMILES string of the molecule is COC1(C(=O)Nc2nc(Cl)c(C(C)(C)C)s2)CC(N)C1.O=C(O)C(F)(F)F. The first-order chi connectivity index (χ1) is 12.1. The summed E-state index contributed by atoms with van der Waals surface area (Å²) in [6.07, 6.45) is -4.03. The molecule has 0 spiro atoms. The van der Waals surface area contributed by atoms with Crippen molar-refractivity contribution in [3.05, 3.63) is 10.0 Å². The lowest BCUT2D eigenvalue weighted by atomic mass is 9.75. The molecule has 154 valence electrons. The number of ether oxygens (including phenoxy) is 1. The van der Waals surface area contributed by atoms with Crippen LogP contribution in [-0.2, 0) is 19.7 Å². The van der Waals surface area contributed by atoms with Crippen molar-refractivity contribution < 1.29 is 32.6 Å². The second-order valence-corrected chi connectivity index (χ2v) is 8.37. The van der Waals surface area contributed by atoms with E-state index in [9.17, 15) is 18.0 Å². The fourth-order valence-corrected chi connectivity index (χ4v) is 3.70. The number of amides is 1. The van der Waals surface area contributed by atoms with Crippen LogP contribution in [0.4, 0.5) is 18.3 Å². The number of aliphatic carboxylic acids is 1. The molecular weight excluding hydrogens is 411 g/mol. The molecule has 12 heteroatoms. The molecule has 0 saturated heterocycles. The van der Waals surface area contributed by atoms with Crippen LogP contribution < -0.4 is 11.1 Å². The Morgan fingerprint density at radius 1 is 1.37 bits per heavy atom. The second-order valence-electron chi connectivity index (χ2n) is 7.01. The van der Waals surface area contributed by atoms with Gasteiger partial charge in [0.15, 0.2) is 5.13 Å². The Hall–Kier alpha value is -1.43. The number of anilines is 1. The number of carboxylic acids is 1. The lowest BCUT2D eigenvalue weighted by Crippen LogP contribution is -2.59. The van der Waals surface area contributed by atoms with Crippen molar-refractivity contribution in [3.63, 3.8) is 0 Å². The van der Waals surface area contributed by atoms with Gasteiger partial charge in [-0.1, -0.05) is 43.7 Å². The number of alkyl halides is 3. The Labute approximate surface area is 163 Å². The van der Waals surface area contributed by atoms with Gasteiger partial charge in [-0.2, -0.15) is 13.2 Å². The minimum Gasteiger partial charge on any atom is -0.475 e. The minimum absolute atomic E-state index is 0.0192. The van der Waals surface area contributed by atoms with Gasteiger partial charge in [0, 0.05) is 26.0 Å². The number of methoxy groups -OCH3 is 1. The molecule has 1 fully saturated rings. The van der Waals surface area contributed by atoms with Gasteiger partial charge in [-0.3, -0.25) is 10.1 Å². The maximum Gasteiger partial charge on any atom is 0.490 e. The molecule has 1 aromatic rings. The summed E-state index contributed by atoms with van der Waals surface area (Å²) in [5, 5.41) is 10.9. The van der Waals surface area contributed by atoms with Gasteiger partial charge in [-0.25, -0.2) is 9.78 Å². The standard InChI is InChI=1S/C13H20ClN3O2S.C2HF3O2/c1-12(2,3)8-9(14)16-11(20-8)17-10(18)13(19-4)5-7(15)6-13;3-2(4,5)1(6)7/h7H,5-6,15H2,1-4H3,(H,16,17,18);(H,6,7). The average molecular weight is 432 g/mol. The van der Waals surface area contributed by atoms with Crippen LogP contribution in [0.5, 0.6) is 0 Å². The third-order valence-electron chi connectivity index (χ3n) is 3.72. The minimum atomic E-state index is -5.08. The Morgan fingerprint density at radius 2 is 1.85 bits per heavy atom. The highest BCUT2D eigenvalue weighted by molar-refractivity contribution is 7.16. The van der Waals surface area contributed by atoms with Gasteiger partial charge in [0.25, 0.3) is 5.91 Å². The number of carboxylic acid groups (broad SMARTS) is 1. The van der Waals surface area contributed by atoms with Gasteiger partial charge in [0.2, 0.25) is 0 Å². The zero-order chi connectivity index (χ0) is 21.2. The van der Waals surface area contributed by atoms with Crippen molar-refractivity contribution in [2.24, 2.45) is 5.73 Å². The molecule has 0 radical (unpaired) electrons. The van der Waals surface area contributed by atoms with Crippen LogP contribution in [0.25, 0.3) is 0 Å². The number of carbonyl (C=O) groups is 2. The largest absolute Gasteiger partial charge is 0.490 e. The highest BCUT2D eigenvalue weighted by Gasteiger charge is 2.49. The van der Waals surface area contributed by atoms with Gasteiger partial charge in [-0.05, 0) is 5.41 Å². The molecule has 4 N–H and O–H groups in total. The summed E-state index contributed by atoms with van der Waals surface area (Å²) in [5.41, 5.74) is 4.83. The van der Waals surface area contributed by atoms with E-state index < -0.39 is 17.7 Å². The average Bonchev–Trinajstić information content (AvgIpc) is 2.83. The van der Waals surface area contributed by atoms with Crippen LogP contribution in [0, 0.1) is 0 Å². The molecule has 0 bridgehead atoms. The summed E-state index contributed by atoms with van der Waals surface area (Å²) >= 11 is 7.52. The van der Waals surface area contributed by atoms with E-state index in [1.54, 1.807) is 0 Å². The Balaban J connectivity index is 0.000000445. The number of thiazole rings is 1. The van der Waals surface area contributed by atoms with Crippen LogP contribution in [0.3, 0.4) is 0 Å². The van der Waals surface area contributed by atoms with E-state index in [0.29, 0.717) is 23.1 Å². The van der Waals surface area contributed by atoms with E-state index in [0.717, 1.165) is 4.88 Å². The molecule has 0 aromatic carbocycles. The molecule has 1 heterocycles. The van der Waals surface area contributed by atoms with E-state index in [4.69, 9.17) is 32.0 Å². The predicted molar refractivity (Wildman–Crippen MR) is 95.1 cm³/mol. The fourth-order valence-electron chi connectivity index (χ4n) is 2.26. The molecule has 1 saturated carbocycles. The van der Waals surface area contributed by atoms with E-state index in [1.165, 1.54) is 18.4 Å². The monoisotopic (exact) mass is 431 g/mol. The van der Waals surface area contributed by atoms with Gasteiger partial charge < -0.3 is 15.6 Å². The Morgan fingerprint density at radius 3 is 2.15 bits per heavy atom. The Kier molecular flexibility index (Phi) is 7.25. The predicted octanol–water partition coefficient (Wildman–Crippen LogP) is 3.17. The molecule has 2 rings (SSSR count). The van der Waals surface area contributed by atoms with Crippen LogP contribution >= 0.6 is 22.9 Å². The van der Waals surface area contributed by atoms with Crippen LogP contribution in [0.1, 0.15) is 38.5 Å². The molecule has 1 aliphatic rings. The highest BCUT2D eigenvalue weighted by atomic mass is 35.5. The van der Waals surface area contributed by atoms with E-state index in [-0.39, 0.29) is 17.4 Å². The van der Waals surface area contributed by atoms with Crippen LogP contribution in [0.15, 0.2) is 0 Å². The van der Waals surface area contributed by atoms with Crippen molar-refractivity contribution in [1.29, 1.82) is 0 Å². The lowest BCUT2D eigenvalue weighted by Gasteiger charge is -2.42. The molecule has 7 nitrogen and oxygen atoms in total. The highest BCUT2D eigenvalue weighted by Crippen LogP contribution is 2.39. The van der Waals surface area contributed by atoms with Gasteiger partial charge in [0.05, 0.1) is 4.88 Å². The summed E-state index contributed by atoms with van der Waals surface area (Å²) in [4.78, 5) is 26.3. The van der Waals surface area contributed by atoms with Gasteiger partial charge >= 0.3 is 12.1 Å². The molecule has 1 aliphatic carbocycles. The molecule has 0 atom stereocenters. The zero-order valence-electron chi connectivity index (χ0n) is 15.1. The number of hydrogen-bond acceptors (Lipinski definition) is 6. The first-order valence-corrected chi connectivity index (χ1v) is 8.91. The van der Waals surface area contributed by atoms with Gasteiger partial charge in [0.1, 0.15) is 10.8 Å². The number of nitrogens with one attached hydrogen (secondary N) is 1. The maximum absolute atomic E-state index is 12.3. The third kappa shape index (κ3) is 6.03. The Bertz CT molecular complexity index is 697. The van der Waals surface area contributed by atoms with Crippen molar-refractivity contribution >= 4 is 39.9 Å². The summed E-state index contributed by atoms with van der Waals surface area (Å²) in [6, 6.07) is 0.0192. The molecule has 0 unspecified atom stereocenters.